The summed E-state index contributed by atoms with van der Waals surface area (Å²) < 4.78 is 1.06. The molecular formula is C12H16BrN3. The van der Waals surface area contributed by atoms with Crippen molar-refractivity contribution in [1.82, 2.24) is 4.98 Å². The summed E-state index contributed by atoms with van der Waals surface area (Å²) in [6, 6.07) is 3.55. The van der Waals surface area contributed by atoms with Gasteiger partial charge in [-0.05, 0) is 53.7 Å². The number of fused-ring (bicyclic) bond motifs is 1. The van der Waals surface area contributed by atoms with Crippen LogP contribution in [0.1, 0.15) is 19.3 Å². The van der Waals surface area contributed by atoms with Crippen molar-refractivity contribution in [2.75, 3.05) is 11.4 Å². The van der Waals surface area contributed by atoms with E-state index in [4.69, 9.17) is 5.73 Å². The largest absolute Gasteiger partial charge is 0.364 e. The molecule has 3 nitrogen and oxygen atoms in total. The van der Waals surface area contributed by atoms with Crippen molar-refractivity contribution in [3.05, 3.63) is 22.9 Å². The predicted molar refractivity (Wildman–Crippen MR) is 68.4 cm³/mol. The summed E-state index contributed by atoms with van der Waals surface area (Å²) in [7, 11) is 0. The minimum Gasteiger partial charge on any atom is -0.364 e. The normalized spacial score (nSPS) is 31.6. The van der Waals surface area contributed by atoms with Gasteiger partial charge in [-0.1, -0.05) is 0 Å². The molecule has 0 aromatic carbocycles. The molecule has 2 heterocycles. The van der Waals surface area contributed by atoms with E-state index in [9.17, 15) is 0 Å². The number of pyridine rings is 1. The van der Waals surface area contributed by atoms with Gasteiger partial charge < -0.3 is 10.6 Å². The third-order valence-electron chi connectivity index (χ3n) is 3.70. The monoisotopic (exact) mass is 281 g/mol. The highest BCUT2D eigenvalue weighted by Gasteiger charge is 2.51. The van der Waals surface area contributed by atoms with Crippen LogP contribution in [-0.2, 0) is 0 Å². The highest BCUT2D eigenvalue weighted by molar-refractivity contribution is 9.10. The van der Waals surface area contributed by atoms with E-state index < -0.39 is 0 Å². The molecule has 1 aliphatic heterocycles. The van der Waals surface area contributed by atoms with Crippen molar-refractivity contribution in [3.63, 3.8) is 0 Å². The van der Waals surface area contributed by atoms with E-state index in [0.29, 0.717) is 6.04 Å². The van der Waals surface area contributed by atoms with Crippen molar-refractivity contribution in [1.29, 1.82) is 0 Å². The second-order valence-corrected chi connectivity index (χ2v) is 5.71. The predicted octanol–water partition coefficient (Wildman–Crippen LogP) is 2.16. The summed E-state index contributed by atoms with van der Waals surface area (Å²) >= 11 is 3.49. The molecule has 0 spiro atoms. The van der Waals surface area contributed by atoms with Gasteiger partial charge in [-0.25, -0.2) is 0 Å². The number of hydrogen-bond acceptors (Lipinski definition) is 3. The molecule has 1 aromatic heterocycles. The lowest BCUT2D eigenvalue weighted by Crippen LogP contribution is -2.34. The van der Waals surface area contributed by atoms with Crippen LogP contribution in [0, 0.1) is 5.92 Å². The Balaban J connectivity index is 1.86. The summed E-state index contributed by atoms with van der Waals surface area (Å²) in [5, 5.41) is 0. The Morgan fingerprint density at radius 1 is 1.44 bits per heavy atom. The van der Waals surface area contributed by atoms with E-state index in [1.807, 2.05) is 12.4 Å². The zero-order chi connectivity index (χ0) is 11.1. The fourth-order valence-corrected chi connectivity index (χ4v) is 3.31. The van der Waals surface area contributed by atoms with Crippen LogP contribution in [-0.4, -0.2) is 23.6 Å². The molecule has 16 heavy (non-hydrogen) atoms. The van der Waals surface area contributed by atoms with Gasteiger partial charge in [0.1, 0.15) is 0 Å². The molecule has 3 atom stereocenters. The molecule has 4 heteroatoms. The van der Waals surface area contributed by atoms with Gasteiger partial charge in [0.2, 0.25) is 0 Å². The maximum Gasteiger partial charge on any atom is 0.0569 e. The van der Waals surface area contributed by atoms with Crippen LogP contribution in [0.5, 0.6) is 0 Å². The van der Waals surface area contributed by atoms with Crippen molar-refractivity contribution in [2.24, 2.45) is 11.7 Å². The van der Waals surface area contributed by atoms with Gasteiger partial charge in [0, 0.05) is 22.8 Å². The molecule has 1 saturated heterocycles. The quantitative estimate of drug-likeness (QED) is 0.923. The van der Waals surface area contributed by atoms with Crippen LogP contribution in [0.15, 0.2) is 22.9 Å². The average molecular weight is 282 g/mol. The topological polar surface area (TPSA) is 42.1 Å². The summed E-state index contributed by atoms with van der Waals surface area (Å²) in [6.07, 6.45) is 7.57. The van der Waals surface area contributed by atoms with E-state index in [1.54, 1.807) is 0 Å². The number of piperidine rings is 1. The zero-order valence-electron chi connectivity index (χ0n) is 9.14. The minimum atomic E-state index is 0.629. The van der Waals surface area contributed by atoms with Gasteiger partial charge in [-0.15, -0.1) is 0 Å². The van der Waals surface area contributed by atoms with Gasteiger partial charge in [0.25, 0.3) is 0 Å². The molecule has 2 N–H and O–H groups in total. The molecule has 1 aromatic rings. The van der Waals surface area contributed by atoms with Crippen molar-refractivity contribution < 1.29 is 0 Å². The van der Waals surface area contributed by atoms with Crippen molar-refractivity contribution in [3.8, 4) is 0 Å². The van der Waals surface area contributed by atoms with Crippen LogP contribution in [0.2, 0.25) is 0 Å². The number of hydrogen-bond donors (Lipinski definition) is 1. The second kappa shape index (κ2) is 4.00. The lowest BCUT2D eigenvalue weighted by Gasteiger charge is -2.29. The number of rotatable bonds is 3. The van der Waals surface area contributed by atoms with Gasteiger partial charge in [0.05, 0.1) is 11.9 Å². The Morgan fingerprint density at radius 3 is 3.06 bits per heavy atom. The highest BCUT2D eigenvalue weighted by atomic mass is 79.9. The van der Waals surface area contributed by atoms with Crippen LogP contribution in [0.4, 0.5) is 5.69 Å². The third kappa shape index (κ3) is 1.74. The molecule has 0 bridgehead atoms. The molecule has 2 fully saturated rings. The Labute approximate surface area is 104 Å². The Kier molecular flexibility index (Phi) is 2.64. The third-order valence-corrected chi connectivity index (χ3v) is 4.13. The first-order chi connectivity index (χ1) is 7.79. The second-order valence-electron chi connectivity index (χ2n) is 4.80. The fraction of sp³-hybridized carbons (Fsp3) is 0.583. The lowest BCUT2D eigenvalue weighted by atomic mass is 10.1. The molecule has 86 valence electrons. The maximum absolute atomic E-state index is 5.69. The molecule has 1 saturated carbocycles. The van der Waals surface area contributed by atoms with E-state index in [2.05, 4.69) is 31.9 Å². The van der Waals surface area contributed by atoms with Gasteiger partial charge in [-0.2, -0.15) is 0 Å². The van der Waals surface area contributed by atoms with Crippen molar-refractivity contribution in [2.45, 2.75) is 31.3 Å². The smallest absolute Gasteiger partial charge is 0.0569 e. The Bertz CT molecular complexity index is 396. The standard InChI is InChI=1S/C12H16BrN3/c13-9-5-11(7-15-6-9)16-10(1-2-14)3-8-4-12(8)16/h5-8,10,12H,1-4,14H2. The molecule has 0 amide bonds. The number of nitrogens with two attached hydrogens (primary N) is 1. The Morgan fingerprint density at radius 2 is 2.31 bits per heavy atom. The molecule has 0 radical (unpaired) electrons. The number of anilines is 1. The highest BCUT2D eigenvalue weighted by Crippen LogP contribution is 2.50. The van der Waals surface area contributed by atoms with E-state index in [1.165, 1.54) is 18.5 Å². The summed E-state index contributed by atoms with van der Waals surface area (Å²) in [4.78, 5) is 6.79. The van der Waals surface area contributed by atoms with E-state index >= 15 is 0 Å². The van der Waals surface area contributed by atoms with Gasteiger partial charge in [-0.3, -0.25) is 4.98 Å². The molecular weight excluding hydrogens is 266 g/mol. The maximum atomic E-state index is 5.69. The van der Waals surface area contributed by atoms with Crippen molar-refractivity contribution >= 4 is 21.6 Å². The zero-order valence-corrected chi connectivity index (χ0v) is 10.7. The first-order valence-electron chi connectivity index (χ1n) is 5.88. The van der Waals surface area contributed by atoms with Crippen LogP contribution >= 0.6 is 15.9 Å². The summed E-state index contributed by atoms with van der Waals surface area (Å²) in [5.74, 6) is 0.913. The summed E-state index contributed by atoms with van der Waals surface area (Å²) in [5.41, 5.74) is 6.94. The lowest BCUT2D eigenvalue weighted by molar-refractivity contribution is 0.562. The minimum absolute atomic E-state index is 0.629. The SMILES string of the molecule is NCCC1CC2CC2N1c1cncc(Br)c1. The molecule has 2 aliphatic rings. The Hall–Kier alpha value is -0.610. The number of nitrogens with zero attached hydrogens (tertiary/aromatic N) is 2. The molecule has 1 aliphatic carbocycles. The van der Waals surface area contributed by atoms with Crippen LogP contribution < -0.4 is 10.6 Å². The number of halogens is 1. The van der Waals surface area contributed by atoms with Gasteiger partial charge in [0.15, 0.2) is 0 Å². The first-order valence-corrected chi connectivity index (χ1v) is 6.68. The van der Waals surface area contributed by atoms with Gasteiger partial charge >= 0.3 is 0 Å². The van der Waals surface area contributed by atoms with Crippen LogP contribution in [0.25, 0.3) is 0 Å². The molecule has 3 rings (SSSR count). The number of aromatic nitrogens is 1. The van der Waals surface area contributed by atoms with E-state index in [-0.39, 0.29) is 0 Å². The van der Waals surface area contributed by atoms with Crippen LogP contribution in [0.3, 0.4) is 0 Å². The fourth-order valence-electron chi connectivity index (χ4n) is 2.95. The molecule has 3 unspecified atom stereocenters. The summed E-state index contributed by atoms with van der Waals surface area (Å²) in [6.45, 7) is 0.780. The van der Waals surface area contributed by atoms with E-state index in [0.717, 1.165) is 29.4 Å². The first kappa shape index (κ1) is 10.5. The average Bonchev–Trinajstić information content (AvgIpc) is 2.91.